The van der Waals surface area contributed by atoms with Crippen molar-refractivity contribution in [3.63, 3.8) is 0 Å². The fourth-order valence-electron chi connectivity index (χ4n) is 7.26. The third-order valence-electron chi connectivity index (χ3n) is 11.1. The molecule has 2 saturated carbocycles. The summed E-state index contributed by atoms with van der Waals surface area (Å²) in [6, 6.07) is 28.1. The van der Waals surface area contributed by atoms with E-state index in [1.165, 1.54) is 25.2 Å². The summed E-state index contributed by atoms with van der Waals surface area (Å²) >= 11 is 23.8. The average Bonchev–Trinajstić information content (AvgIpc) is 3.93. The summed E-state index contributed by atoms with van der Waals surface area (Å²) in [5, 5.41) is 14.3. The van der Waals surface area contributed by atoms with Crippen LogP contribution in [0.25, 0.3) is 45.0 Å². The zero-order valence-corrected chi connectivity index (χ0v) is 39.6. The number of carbonyl (C=O) groups excluding carboxylic acids is 1. The molecule has 10 nitrogen and oxygen atoms in total. The number of nitrogens with one attached hydrogen (secondary N) is 1. The molecule has 69 heavy (non-hydrogen) atoms. The molecule has 3 aliphatic rings. The number of hydrogen-bond acceptors (Lipinski definition) is 8. The smallest absolute Gasteiger partial charge is 0.356 e. The summed E-state index contributed by atoms with van der Waals surface area (Å²) < 4.78 is 56.4. The number of ether oxygens (including phenoxy) is 1. The Balaban J connectivity index is 0.000000203. The summed E-state index contributed by atoms with van der Waals surface area (Å²) in [7, 11) is 0. The van der Waals surface area contributed by atoms with E-state index in [2.05, 4.69) is 25.3 Å². The number of nitrogens with two attached hydrogens (primary N) is 1. The molecule has 4 aromatic carbocycles. The minimum absolute atomic E-state index is 0. The highest BCUT2D eigenvalue weighted by Crippen LogP contribution is 2.35. The van der Waals surface area contributed by atoms with Gasteiger partial charge < -0.3 is 20.9 Å². The van der Waals surface area contributed by atoms with Crippen LogP contribution in [-0.4, -0.2) is 74.1 Å². The van der Waals surface area contributed by atoms with Crippen molar-refractivity contribution in [2.24, 2.45) is 5.73 Å². The fourth-order valence-corrected chi connectivity index (χ4v) is 7.77. The molecule has 0 atom stereocenters. The molecule has 1 saturated heterocycles. The molecule has 0 bridgehead atoms. The Morgan fingerprint density at radius 3 is 1.23 bits per heavy atom. The molecule has 9 rings (SSSR count). The number of rotatable bonds is 7. The van der Waals surface area contributed by atoms with E-state index < -0.39 is 23.7 Å². The molecular formula is C51H52Cl4F4N6O4. The van der Waals surface area contributed by atoms with Crippen molar-refractivity contribution in [2.75, 3.05) is 13.2 Å². The maximum Gasteiger partial charge on any atom is 0.356 e. The lowest BCUT2D eigenvalue weighted by Gasteiger charge is -2.28. The lowest BCUT2D eigenvalue weighted by Crippen LogP contribution is -2.40. The Labute approximate surface area is 419 Å². The van der Waals surface area contributed by atoms with E-state index in [1.54, 1.807) is 72.8 Å². The number of carbonyl (C=O) groups is 2. The van der Waals surface area contributed by atoms with Gasteiger partial charge in [0, 0.05) is 93.3 Å². The first-order valence-corrected chi connectivity index (χ1v) is 23.4. The molecule has 1 amide bonds. The SMILES string of the molecule is C.C1CCOC1.NC1CCC(F)(F)CC1.O=C(NC1CCC(F)(F)CC1)c1cnc(-c2ccc(Cl)cc2)c(-c2ccc(Cl)cc2)n1.O=C(O)c1cnc(-c2ccc(Cl)cc2)c(-c2ccc(Cl)cc2)n1. The van der Waals surface area contributed by atoms with E-state index in [-0.39, 0.29) is 69.4 Å². The molecule has 3 heterocycles. The van der Waals surface area contributed by atoms with Crippen molar-refractivity contribution in [2.45, 2.75) is 95.6 Å². The Morgan fingerprint density at radius 1 is 0.565 bits per heavy atom. The molecule has 18 heteroatoms. The van der Waals surface area contributed by atoms with Gasteiger partial charge in [0.15, 0.2) is 5.69 Å². The average molecular weight is 1030 g/mol. The fraction of sp³-hybridized carbons (Fsp3) is 0.333. The number of aromatic carboxylic acids is 1. The van der Waals surface area contributed by atoms with Crippen molar-refractivity contribution in [3.05, 3.63) is 141 Å². The zero-order valence-electron chi connectivity index (χ0n) is 36.6. The van der Waals surface area contributed by atoms with Crippen LogP contribution in [0.4, 0.5) is 17.6 Å². The molecule has 1 aliphatic heterocycles. The Kier molecular flexibility index (Phi) is 20.3. The molecule has 4 N–H and O–H groups in total. The minimum atomic E-state index is -2.65. The maximum atomic E-state index is 13.4. The number of hydrogen-bond donors (Lipinski definition) is 3. The summed E-state index contributed by atoms with van der Waals surface area (Å²) in [5.41, 5.74) is 10.7. The third kappa shape index (κ3) is 16.7. The number of halogens is 8. The van der Waals surface area contributed by atoms with Crippen molar-refractivity contribution < 1.29 is 37.0 Å². The monoisotopic (exact) mass is 1030 g/mol. The normalized spacial score (nSPS) is 16.2. The second kappa shape index (κ2) is 25.6. The van der Waals surface area contributed by atoms with Crippen molar-refractivity contribution >= 4 is 58.3 Å². The standard InChI is InChI=1S/C23H19Cl2F2N3O.C17H10Cl2N2O2.C6H11F2N.C4H8O.CH4/c24-16-5-1-14(2-6-16)20-21(15-3-7-17(25)8-4-15)30-19(13-28-20)22(31)29-18-9-11-23(26,27)12-10-18;18-12-5-1-10(2-6-12)15-16(11-3-7-13(19)8-4-11)21-14(9-20-15)17(22)23;7-6(8)3-1-5(9)2-4-6;1-2-4-5-3-1;/h1-8,13,18H,9-12H2,(H,29,31);1-9H,(H,22,23);5H,1-4,9H2;1-4H2;1H4. The van der Waals surface area contributed by atoms with E-state index in [0.717, 1.165) is 35.5 Å². The second-order valence-corrected chi connectivity index (χ2v) is 18.1. The molecule has 0 radical (unpaired) electrons. The highest BCUT2D eigenvalue weighted by Gasteiger charge is 2.36. The number of alkyl halides is 4. The van der Waals surface area contributed by atoms with Crippen molar-refractivity contribution in [1.82, 2.24) is 25.3 Å². The number of carboxylic acid groups (broad SMARTS) is 1. The summed E-state index contributed by atoms with van der Waals surface area (Å²) in [5.74, 6) is -6.63. The van der Waals surface area contributed by atoms with Gasteiger partial charge in [-0.3, -0.25) is 14.8 Å². The first-order valence-electron chi connectivity index (χ1n) is 21.9. The van der Waals surface area contributed by atoms with Crippen LogP contribution >= 0.6 is 46.4 Å². The Hall–Kier alpha value is -5.22. The first kappa shape index (κ1) is 54.7. The van der Waals surface area contributed by atoms with Gasteiger partial charge in [-0.25, -0.2) is 32.3 Å². The largest absolute Gasteiger partial charge is 0.476 e. The summed E-state index contributed by atoms with van der Waals surface area (Å²) in [4.78, 5) is 41.5. The van der Waals surface area contributed by atoms with Crippen LogP contribution in [0.15, 0.2) is 109 Å². The molecule has 2 aliphatic carbocycles. The van der Waals surface area contributed by atoms with Gasteiger partial charge in [-0.05, 0) is 87.1 Å². The van der Waals surface area contributed by atoms with E-state index in [1.807, 2.05) is 24.3 Å². The zero-order chi connectivity index (χ0) is 48.8. The topological polar surface area (TPSA) is 153 Å². The van der Waals surface area contributed by atoms with Gasteiger partial charge in [0.2, 0.25) is 11.8 Å². The third-order valence-corrected chi connectivity index (χ3v) is 12.1. The van der Waals surface area contributed by atoms with Crippen LogP contribution < -0.4 is 11.1 Å². The van der Waals surface area contributed by atoms with Crippen LogP contribution in [0.2, 0.25) is 20.1 Å². The van der Waals surface area contributed by atoms with Gasteiger partial charge in [-0.15, -0.1) is 0 Å². The molecule has 2 aromatic heterocycles. The van der Waals surface area contributed by atoms with Gasteiger partial charge in [-0.1, -0.05) is 102 Å². The van der Waals surface area contributed by atoms with Gasteiger partial charge in [0.05, 0.1) is 35.2 Å². The maximum absolute atomic E-state index is 13.4. The second-order valence-electron chi connectivity index (χ2n) is 16.4. The van der Waals surface area contributed by atoms with Crippen molar-refractivity contribution in [1.29, 1.82) is 0 Å². The predicted molar refractivity (Wildman–Crippen MR) is 266 cm³/mol. The van der Waals surface area contributed by atoms with E-state index >= 15 is 0 Å². The molecule has 0 unspecified atom stereocenters. The summed E-state index contributed by atoms with van der Waals surface area (Å²) in [6.45, 7) is 2.00. The number of aromatic nitrogens is 4. The van der Waals surface area contributed by atoms with Crippen LogP contribution in [0.5, 0.6) is 0 Å². The molecule has 0 spiro atoms. The lowest BCUT2D eigenvalue weighted by atomic mass is 9.92. The molecule has 366 valence electrons. The van der Waals surface area contributed by atoms with E-state index in [0.29, 0.717) is 55.7 Å². The number of nitrogens with zero attached hydrogens (tertiary/aromatic N) is 4. The van der Waals surface area contributed by atoms with Crippen LogP contribution in [0.3, 0.4) is 0 Å². The minimum Gasteiger partial charge on any atom is -0.476 e. The highest BCUT2D eigenvalue weighted by molar-refractivity contribution is 6.31. The quantitative estimate of drug-likeness (QED) is 0.133. The Morgan fingerprint density at radius 2 is 0.899 bits per heavy atom. The first-order chi connectivity index (χ1) is 32.4. The van der Waals surface area contributed by atoms with Crippen LogP contribution in [0.1, 0.15) is 92.6 Å². The van der Waals surface area contributed by atoms with Gasteiger partial charge in [-0.2, -0.15) is 0 Å². The molecule has 6 aromatic rings. The van der Waals surface area contributed by atoms with Crippen LogP contribution in [0, 0.1) is 0 Å². The van der Waals surface area contributed by atoms with Gasteiger partial charge in [0.25, 0.3) is 5.91 Å². The number of benzene rings is 4. The highest BCUT2D eigenvalue weighted by atomic mass is 35.5. The summed E-state index contributed by atoms with van der Waals surface area (Å²) in [6.07, 6.45) is 6.13. The number of carboxylic acids is 1. The van der Waals surface area contributed by atoms with E-state index in [9.17, 15) is 27.2 Å². The van der Waals surface area contributed by atoms with Gasteiger partial charge in [0.1, 0.15) is 5.69 Å². The van der Waals surface area contributed by atoms with E-state index in [4.69, 9.17) is 62.0 Å². The lowest BCUT2D eigenvalue weighted by molar-refractivity contribution is -0.0400. The molecular weight excluding hydrogens is 978 g/mol. The van der Waals surface area contributed by atoms with Crippen molar-refractivity contribution in [3.8, 4) is 45.0 Å². The Bertz CT molecular complexity index is 2580. The number of amides is 1. The van der Waals surface area contributed by atoms with Crippen LogP contribution in [-0.2, 0) is 4.74 Å². The predicted octanol–water partition coefficient (Wildman–Crippen LogP) is 14.2. The van der Waals surface area contributed by atoms with Gasteiger partial charge >= 0.3 is 5.97 Å². The molecule has 3 fully saturated rings.